The molecule has 0 heterocycles. The first-order chi connectivity index (χ1) is 9.91. The molecule has 7 nitrogen and oxygen atoms in total. The smallest absolute Gasteiger partial charge is 0.316 e. The van der Waals surface area contributed by atoms with Crippen molar-refractivity contribution in [1.29, 1.82) is 0 Å². The molecule has 21 heavy (non-hydrogen) atoms. The number of carboxylic acids is 1. The number of allylic oxidation sites excluding steroid dienone is 2. The van der Waals surface area contributed by atoms with Crippen molar-refractivity contribution in [3.8, 4) is 0 Å². The molecule has 7 heteroatoms. The van der Waals surface area contributed by atoms with Crippen LogP contribution in [0.2, 0.25) is 0 Å². The highest BCUT2D eigenvalue weighted by Crippen LogP contribution is 2.48. The number of urea groups is 1. The number of nitrogens with one attached hydrogen (secondary N) is 2. The highest BCUT2D eigenvalue weighted by Gasteiger charge is 2.51. The molecule has 2 aliphatic rings. The van der Waals surface area contributed by atoms with Gasteiger partial charge in [0, 0.05) is 27.2 Å². The van der Waals surface area contributed by atoms with Gasteiger partial charge in [-0.3, -0.25) is 9.59 Å². The third-order valence-corrected chi connectivity index (χ3v) is 4.15. The number of hydrogen-bond acceptors (Lipinski definition) is 3. The first kappa shape index (κ1) is 15.3. The van der Waals surface area contributed by atoms with Crippen LogP contribution in [0.25, 0.3) is 0 Å². The van der Waals surface area contributed by atoms with Crippen LogP contribution < -0.4 is 10.6 Å². The van der Waals surface area contributed by atoms with Gasteiger partial charge in [-0.1, -0.05) is 12.2 Å². The molecule has 0 aromatic carbocycles. The van der Waals surface area contributed by atoms with E-state index in [9.17, 15) is 19.5 Å². The lowest BCUT2D eigenvalue weighted by Gasteiger charge is -2.24. The maximum absolute atomic E-state index is 12.2. The summed E-state index contributed by atoms with van der Waals surface area (Å²) in [6.07, 6.45) is 4.60. The molecule has 0 radical (unpaired) electrons. The highest BCUT2D eigenvalue weighted by molar-refractivity contribution is 5.86. The summed E-state index contributed by atoms with van der Waals surface area (Å²) in [6.45, 7) is 0.611. The minimum Gasteiger partial charge on any atom is -0.481 e. The molecular weight excluding hydrogens is 274 g/mol. The van der Waals surface area contributed by atoms with Crippen molar-refractivity contribution in [1.82, 2.24) is 15.5 Å². The Hall–Kier alpha value is -2.05. The molecule has 0 spiro atoms. The molecular formula is C14H21N3O4. The average Bonchev–Trinajstić information content (AvgIpc) is 3.03. The fraction of sp³-hybridized carbons (Fsp3) is 0.643. The van der Waals surface area contributed by atoms with Crippen molar-refractivity contribution >= 4 is 17.9 Å². The van der Waals surface area contributed by atoms with E-state index in [0.29, 0.717) is 13.1 Å². The topological polar surface area (TPSA) is 98.7 Å². The third kappa shape index (κ3) is 3.17. The summed E-state index contributed by atoms with van der Waals surface area (Å²) in [5.74, 6) is -2.28. The fourth-order valence-corrected chi connectivity index (χ4v) is 3.15. The van der Waals surface area contributed by atoms with Crippen LogP contribution >= 0.6 is 0 Å². The Bertz CT molecular complexity index is 475. The van der Waals surface area contributed by atoms with Gasteiger partial charge in [0.25, 0.3) is 0 Å². The molecule has 0 aromatic heterocycles. The van der Waals surface area contributed by atoms with Crippen molar-refractivity contribution in [2.24, 2.45) is 23.7 Å². The number of fused-ring (bicyclic) bond motifs is 2. The zero-order chi connectivity index (χ0) is 15.6. The quantitative estimate of drug-likeness (QED) is 0.487. The number of amides is 3. The second-order valence-electron chi connectivity index (χ2n) is 5.76. The maximum Gasteiger partial charge on any atom is 0.316 e. The molecule has 0 saturated heterocycles. The normalized spacial score (nSPS) is 29.2. The lowest BCUT2D eigenvalue weighted by Crippen LogP contribution is -2.44. The van der Waals surface area contributed by atoms with Crippen LogP contribution in [0, 0.1) is 23.7 Å². The van der Waals surface area contributed by atoms with E-state index in [0.717, 1.165) is 6.42 Å². The van der Waals surface area contributed by atoms with E-state index in [2.05, 4.69) is 10.6 Å². The number of carbonyl (C=O) groups is 3. The number of nitrogens with zero attached hydrogens (tertiary/aromatic N) is 1. The van der Waals surface area contributed by atoms with Crippen LogP contribution in [0.4, 0.5) is 4.79 Å². The average molecular weight is 295 g/mol. The second-order valence-corrected chi connectivity index (χ2v) is 5.76. The fourth-order valence-electron chi connectivity index (χ4n) is 3.15. The lowest BCUT2D eigenvalue weighted by molar-refractivity contribution is -0.147. The minimum atomic E-state index is -0.909. The molecule has 2 rings (SSSR count). The summed E-state index contributed by atoms with van der Waals surface area (Å²) in [4.78, 5) is 36.2. The van der Waals surface area contributed by atoms with Crippen LogP contribution in [0.15, 0.2) is 12.2 Å². The Labute approximate surface area is 123 Å². The van der Waals surface area contributed by atoms with Crippen LogP contribution in [-0.4, -0.2) is 55.1 Å². The zero-order valence-corrected chi connectivity index (χ0v) is 12.2. The predicted molar refractivity (Wildman–Crippen MR) is 75.4 cm³/mol. The number of hydrogen-bond donors (Lipinski definition) is 3. The van der Waals surface area contributed by atoms with E-state index >= 15 is 0 Å². The summed E-state index contributed by atoms with van der Waals surface area (Å²) in [5, 5.41) is 14.6. The summed E-state index contributed by atoms with van der Waals surface area (Å²) in [6, 6.07) is -0.226. The SMILES string of the molecule is CN(C)C(=O)NCCNC(=O)C1C2C=CC(C2)C1C(=O)O. The van der Waals surface area contributed by atoms with Gasteiger partial charge in [0.15, 0.2) is 0 Å². The van der Waals surface area contributed by atoms with Crippen LogP contribution in [0.3, 0.4) is 0 Å². The largest absolute Gasteiger partial charge is 0.481 e. The van der Waals surface area contributed by atoms with Gasteiger partial charge in [-0.2, -0.15) is 0 Å². The Morgan fingerprint density at radius 1 is 1.10 bits per heavy atom. The van der Waals surface area contributed by atoms with E-state index in [1.807, 2.05) is 12.2 Å². The van der Waals surface area contributed by atoms with Gasteiger partial charge in [-0.05, 0) is 18.3 Å². The van der Waals surface area contributed by atoms with Gasteiger partial charge in [0.2, 0.25) is 5.91 Å². The molecule has 2 bridgehead atoms. The molecule has 2 aliphatic carbocycles. The monoisotopic (exact) mass is 295 g/mol. The molecule has 0 aromatic rings. The zero-order valence-electron chi connectivity index (χ0n) is 12.2. The summed E-state index contributed by atoms with van der Waals surface area (Å²) in [5.41, 5.74) is 0. The van der Waals surface area contributed by atoms with Gasteiger partial charge < -0.3 is 20.6 Å². The summed E-state index contributed by atoms with van der Waals surface area (Å²) < 4.78 is 0. The molecule has 3 N–H and O–H groups in total. The Kier molecular flexibility index (Phi) is 4.50. The Morgan fingerprint density at radius 2 is 1.67 bits per heavy atom. The second kappa shape index (κ2) is 6.15. The number of aliphatic carboxylic acids is 1. The third-order valence-electron chi connectivity index (χ3n) is 4.15. The summed E-state index contributed by atoms with van der Waals surface area (Å²) >= 11 is 0. The van der Waals surface area contributed by atoms with E-state index in [1.54, 1.807) is 14.1 Å². The molecule has 1 fully saturated rings. The Balaban J connectivity index is 1.82. The molecule has 1 saturated carbocycles. The van der Waals surface area contributed by atoms with E-state index in [-0.39, 0.29) is 23.8 Å². The number of carboxylic acid groups (broad SMARTS) is 1. The maximum atomic E-state index is 12.2. The van der Waals surface area contributed by atoms with Gasteiger partial charge in [-0.15, -0.1) is 0 Å². The van der Waals surface area contributed by atoms with Gasteiger partial charge in [0.05, 0.1) is 11.8 Å². The van der Waals surface area contributed by atoms with Crippen molar-refractivity contribution < 1.29 is 19.5 Å². The van der Waals surface area contributed by atoms with Crippen molar-refractivity contribution in [2.75, 3.05) is 27.2 Å². The number of rotatable bonds is 5. The standard InChI is InChI=1S/C14H21N3O4/c1-17(2)14(21)16-6-5-15-12(18)10-8-3-4-9(7-8)11(10)13(19)20/h3-4,8-11H,5-7H2,1-2H3,(H,15,18)(H,16,21)(H,19,20). The van der Waals surface area contributed by atoms with Crippen LogP contribution in [-0.2, 0) is 9.59 Å². The van der Waals surface area contributed by atoms with Gasteiger partial charge >= 0.3 is 12.0 Å². The van der Waals surface area contributed by atoms with E-state index in [4.69, 9.17) is 0 Å². The molecule has 0 aliphatic heterocycles. The Morgan fingerprint density at radius 3 is 2.24 bits per heavy atom. The van der Waals surface area contributed by atoms with E-state index < -0.39 is 17.8 Å². The predicted octanol–water partition coefficient (Wildman–Crippen LogP) is -0.103. The summed E-state index contributed by atoms with van der Waals surface area (Å²) in [7, 11) is 3.26. The molecule has 3 amide bonds. The number of carbonyl (C=O) groups excluding carboxylic acids is 2. The van der Waals surface area contributed by atoms with Crippen LogP contribution in [0.1, 0.15) is 6.42 Å². The molecule has 4 atom stereocenters. The molecule has 116 valence electrons. The van der Waals surface area contributed by atoms with Crippen molar-refractivity contribution in [3.05, 3.63) is 12.2 Å². The molecule has 4 unspecified atom stereocenters. The lowest BCUT2D eigenvalue weighted by atomic mass is 9.82. The van der Waals surface area contributed by atoms with Crippen molar-refractivity contribution in [2.45, 2.75) is 6.42 Å². The first-order valence-electron chi connectivity index (χ1n) is 7.05. The van der Waals surface area contributed by atoms with Gasteiger partial charge in [0.1, 0.15) is 0 Å². The van der Waals surface area contributed by atoms with Crippen LogP contribution in [0.5, 0.6) is 0 Å². The van der Waals surface area contributed by atoms with Gasteiger partial charge in [-0.25, -0.2) is 4.79 Å². The first-order valence-corrected chi connectivity index (χ1v) is 7.05. The van der Waals surface area contributed by atoms with E-state index in [1.165, 1.54) is 4.90 Å². The minimum absolute atomic E-state index is 0.0208. The van der Waals surface area contributed by atoms with Crippen molar-refractivity contribution in [3.63, 3.8) is 0 Å². The highest BCUT2D eigenvalue weighted by atomic mass is 16.4.